The summed E-state index contributed by atoms with van der Waals surface area (Å²) in [5.74, 6) is 0.350. The van der Waals surface area contributed by atoms with Gasteiger partial charge in [-0.3, -0.25) is 9.35 Å². The van der Waals surface area contributed by atoms with Crippen molar-refractivity contribution in [2.75, 3.05) is 18.0 Å². The predicted molar refractivity (Wildman–Crippen MR) is 195 cm³/mol. The van der Waals surface area contributed by atoms with Crippen LogP contribution in [0.25, 0.3) is 0 Å². The van der Waals surface area contributed by atoms with Crippen molar-refractivity contribution >= 4 is 33.0 Å². The zero-order valence-electron chi connectivity index (χ0n) is 29.8. The summed E-state index contributed by atoms with van der Waals surface area (Å²) in [5.41, 5.74) is 7.68. The van der Waals surface area contributed by atoms with Gasteiger partial charge < -0.3 is 4.90 Å². The number of hydrogen-bond donors (Lipinski definition) is 1. The molecule has 0 amide bonds. The number of hydrogen-bond acceptors (Lipinski definition) is 4. The third-order valence-corrected chi connectivity index (χ3v) is 10.8. The summed E-state index contributed by atoms with van der Waals surface area (Å²) in [6, 6.07) is 11.7. The minimum absolute atomic E-state index is 0.0541. The Morgan fingerprint density at radius 3 is 2.36 bits per heavy atom. The molecule has 0 saturated heterocycles. The van der Waals surface area contributed by atoms with Crippen LogP contribution in [0.4, 0.5) is 11.4 Å². The second-order valence-electron chi connectivity index (χ2n) is 14.3. The van der Waals surface area contributed by atoms with Crippen LogP contribution in [0.15, 0.2) is 77.4 Å². The van der Waals surface area contributed by atoms with Crippen LogP contribution in [0.3, 0.4) is 0 Å². The Kier molecular flexibility index (Phi) is 11.6. The molecule has 0 bridgehead atoms. The number of aryl methyl sites for hydroxylation is 1. The van der Waals surface area contributed by atoms with Gasteiger partial charge in [-0.25, -0.2) is 0 Å². The first-order valence-electron chi connectivity index (χ1n) is 17.4. The molecule has 254 valence electrons. The van der Waals surface area contributed by atoms with Crippen molar-refractivity contribution < 1.29 is 22.3 Å². The quantitative estimate of drug-likeness (QED) is 0.0892. The van der Waals surface area contributed by atoms with Gasteiger partial charge in [-0.2, -0.15) is 13.0 Å². The van der Waals surface area contributed by atoms with E-state index in [1.807, 2.05) is 19.9 Å². The van der Waals surface area contributed by atoms with E-state index < -0.39 is 15.5 Å². The highest BCUT2D eigenvalue weighted by molar-refractivity contribution is 7.85. The smallest absolute Gasteiger partial charge is 0.294 e. The number of fused-ring (bicyclic) bond motifs is 2. The molecule has 2 heterocycles. The Morgan fingerprint density at radius 2 is 1.70 bits per heavy atom. The molecule has 1 unspecified atom stereocenters. The molecule has 2 aromatic rings. The van der Waals surface area contributed by atoms with E-state index in [0.29, 0.717) is 12.2 Å². The molecule has 0 aliphatic carbocycles. The van der Waals surface area contributed by atoms with Gasteiger partial charge in [0.1, 0.15) is 12.3 Å². The molecule has 4 rings (SSSR count). The Labute approximate surface area is 283 Å². The average Bonchev–Trinajstić information content (AvgIpc) is 3.35. The van der Waals surface area contributed by atoms with Gasteiger partial charge in [-0.05, 0) is 82.9 Å². The fourth-order valence-corrected chi connectivity index (χ4v) is 7.78. The van der Waals surface area contributed by atoms with Crippen molar-refractivity contribution in [3.63, 3.8) is 0 Å². The van der Waals surface area contributed by atoms with Gasteiger partial charge >= 0.3 is 0 Å². The molecule has 0 saturated carbocycles. The summed E-state index contributed by atoms with van der Waals surface area (Å²) in [4.78, 5) is 14.4. The van der Waals surface area contributed by atoms with Gasteiger partial charge in [0.2, 0.25) is 5.69 Å². The second kappa shape index (κ2) is 14.9. The van der Waals surface area contributed by atoms with Crippen molar-refractivity contribution in [1.29, 1.82) is 0 Å². The van der Waals surface area contributed by atoms with Crippen LogP contribution in [0.2, 0.25) is 0 Å². The lowest BCUT2D eigenvalue weighted by molar-refractivity contribution is -0.437. The number of rotatable bonds is 15. The molecule has 7 heteroatoms. The van der Waals surface area contributed by atoms with Crippen LogP contribution in [-0.4, -0.2) is 42.1 Å². The molecule has 0 radical (unpaired) electrons. The molecular weight excluding hydrogens is 605 g/mol. The highest BCUT2D eigenvalue weighted by Gasteiger charge is 2.45. The molecule has 47 heavy (non-hydrogen) atoms. The van der Waals surface area contributed by atoms with Gasteiger partial charge in [-0.1, -0.05) is 70.4 Å². The predicted octanol–water partition coefficient (Wildman–Crippen LogP) is 9.39. The highest BCUT2D eigenvalue weighted by Crippen LogP contribution is 2.51. The molecule has 0 fully saturated rings. The minimum Gasteiger partial charge on any atom is -0.344 e. The first-order valence-corrected chi connectivity index (χ1v) is 18.8. The summed E-state index contributed by atoms with van der Waals surface area (Å²) < 4.78 is 36.7. The van der Waals surface area contributed by atoms with E-state index in [1.165, 1.54) is 28.6 Å². The Balaban J connectivity index is 1.67. The topological polar surface area (TPSA) is 77.7 Å². The molecular formula is C40H55N2O4S+. The molecule has 2 aromatic carbocycles. The lowest BCUT2D eigenvalue weighted by Gasteiger charge is -2.30. The normalized spacial score (nSPS) is 20.0. The van der Waals surface area contributed by atoms with E-state index in [4.69, 9.17) is 0 Å². The number of Topliss-reactive ketones (excluding diaryl/α,β-unsaturated/α-hetero) is 1. The number of benzene rings is 2. The fraction of sp³-hybridized carbons (Fsp3) is 0.500. The van der Waals surface area contributed by atoms with E-state index in [9.17, 15) is 17.8 Å². The summed E-state index contributed by atoms with van der Waals surface area (Å²) >= 11 is 0. The molecule has 2 aliphatic heterocycles. The van der Waals surface area contributed by atoms with Crippen molar-refractivity contribution in [1.82, 2.24) is 0 Å². The van der Waals surface area contributed by atoms with E-state index in [0.717, 1.165) is 68.6 Å². The van der Waals surface area contributed by atoms with Crippen LogP contribution in [-0.2, 0) is 25.7 Å². The zero-order chi connectivity index (χ0) is 34.6. The average molecular weight is 660 g/mol. The van der Waals surface area contributed by atoms with Crippen molar-refractivity contribution in [2.24, 2.45) is 5.92 Å². The van der Waals surface area contributed by atoms with Crippen molar-refractivity contribution in [2.45, 2.75) is 116 Å². The first-order chi connectivity index (χ1) is 22.2. The standard InChI is InChI=1S/C40H54N2O4S/c1-9-25-41-34-22-20-30(5)27-32(34)39(6,7)37(41)18-14-11-15-19-38-40(8,24-16-12-13-17-36(43)29(3)4)33-28-31(47(44,45)46)21-23-35(33)42(38)26-10-2/h11,14-15,18-23,27-29H,9-10,12-13,16-17,24-26H2,1-8H3/p+1. The maximum Gasteiger partial charge on any atom is 0.294 e. The van der Waals surface area contributed by atoms with E-state index >= 15 is 0 Å². The zero-order valence-corrected chi connectivity index (χ0v) is 30.6. The van der Waals surface area contributed by atoms with Gasteiger partial charge in [0, 0.05) is 59.8 Å². The molecule has 1 N–H and O–H groups in total. The van der Waals surface area contributed by atoms with Crippen LogP contribution in [0.5, 0.6) is 0 Å². The number of ketones is 1. The fourth-order valence-electron chi connectivity index (χ4n) is 7.27. The number of allylic oxidation sites excluding steroid dienone is 6. The van der Waals surface area contributed by atoms with Crippen molar-refractivity contribution in [3.05, 3.63) is 89.2 Å². The van der Waals surface area contributed by atoms with E-state index in [2.05, 4.69) is 99.6 Å². The van der Waals surface area contributed by atoms with E-state index in [1.54, 1.807) is 6.07 Å². The molecule has 6 nitrogen and oxygen atoms in total. The Hall–Kier alpha value is -3.29. The van der Waals surface area contributed by atoms with Gasteiger partial charge in [0.25, 0.3) is 10.1 Å². The maximum absolute atomic E-state index is 12.2. The lowest BCUT2D eigenvalue weighted by Crippen LogP contribution is -2.29. The Bertz CT molecular complexity index is 1710. The van der Waals surface area contributed by atoms with Crippen LogP contribution < -0.4 is 4.90 Å². The summed E-state index contributed by atoms with van der Waals surface area (Å²) in [6.07, 6.45) is 16.8. The minimum atomic E-state index is -4.35. The summed E-state index contributed by atoms with van der Waals surface area (Å²) in [7, 11) is -4.35. The Morgan fingerprint density at radius 1 is 0.957 bits per heavy atom. The third-order valence-electron chi connectivity index (χ3n) is 9.92. The summed E-state index contributed by atoms with van der Waals surface area (Å²) in [6.45, 7) is 19.0. The maximum atomic E-state index is 12.2. The number of carbonyl (C=O) groups excluding carboxylic acids is 1. The molecule has 0 spiro atoms. The molecule has 1 atom stereocenters. The second-order valence-corrected chi connectivity index (χ2v) is 15.7. The number of unbranched alkanes of at least 4 members (excludes halogenated alkanes) is 2. The summed E-state index contributed by atoms with van der Waals surface area (Å²) in [5, 5.41) is 0. The van der Waals surface area contributed by atoms with Crippen LogP contribution in [0.1, 0.15) is 110 Å². The highest BCUT2D eigenvalue weighted by atomic mass is 32.2. The van der Waals surface area contributed by atoms with Crippen molar-refractivity contribution in [3.8, 4) is 0 Å². The number of nitrogens with zero attached hydrogens (tertiary/aromatic N) is 2. The monoisotopic (exact) mass is 659 g/mol. The molecule has 0 aromatic heterocycles. The van der Waals surface area contributed by atoms with Crippen LogP contribution in [0, 0.1) is 12.8 Å². The van der Waals surface area contributed by atoms with Gasteiger partial charge in [-0.15, -0.1) is 0 Å². The molecule has 2 aliphatic rings. The third kappa shape index (κ3) is 7.73. The first kappa shape index (κ1) is 36.5. The van der Waals surface area contributed by atoms with Gasteiger partial charge in [0.05, 0.1) is 10.3 Å². The SMILES string of the molecule is CCCN1\C(=C/C=C/C=C/C2=[N+](CCC)c3ccc(C)cc3C2(C)C)C(C)(CCCCCC(=O)C(C)C)c2cc(S(=O)(=O)O)ccc21. The van der Waals surface area contributed by atoms with Gasteiger partial charge in [0.15, 0.2) is 5.71 Å². The number of carbonyl (C=O) groups is 1. The lowest BCUT2D eigenvalue weighted by atomic mass is 9.77. The largest absolute Gasteiger partial charge is 0.344 e. The van der Waals surface area contributed by atoms with E-state index in [-0.39, 0.29) is 16.2 Å². The number of anilines is 1. The van der Waals surface area contributed by atoms with Crippen LogP contribution >= 0.6 is 0 Å².